The molecular formula is C51H31N3O2. The zero-order valence-electron chi connectivity index (χ0n) is 30.1. The van der Waals surface area contributed by atoms with E-state index in [1.54, 1.807) is 0 Å². The first kappa shape index (κ1) is 31.9. The average Bonchev–Trinajstić information content (AvgIpc) is 3.85. The fourth-order valence-electron chi connectivity index (χ4n) is 7.98. The van der Waals surface area contributed by atoms with Crippen LogP contribution in [0.1, 0.15) is 0 Å². The standard InChI is InChI=1S/C51H31N3O2/c1-2-12-33(13-3-1)45-31-46(40-15-5-4-14-37(40)32-24-26-52-27-25-32)54-51(53-45)36-29-34(38-18-10-20-43-41-16-6-8-22-47(41)55-49(38)43)28-35(30-36)39-19-11-21-44-42-17-7-9-23-48(42)56-50(39)44/h1-31H. The number of nitrogens with zero attached hydrogens (tertiary/aromatic N) is 3. The van der Waals surface area contributed by atoms with Crippen LogP contribution in [0, 0.1) is 0 Å². The van der Waals surface area contributed by atoms with E-state index in [2.05, 4.69) is 126 Å². The van der Waals surface area contributed by atoms with Crippen molar-refractivity contribution >= 4 is 43.9 Å². The fraction of sp³-hybridized carbons (Fsp3) is 0. The lowest BCUT2D eigenvalue weighted by atomic mass is 9.93. The monoisotopic (exact) mass is 717 g/mol. The van der Waals surface area contributed by atoms with Crippen molar-refractivity contribution in [1.82, 2.24) is 15.0 Å². The van der Waals surface area contributed by atoms with Crippen LogP contribution in [0.5, 0.6) is 0 Å². The molecule has 0 unspecified atom stereocenters. The van der Waals surface area contributed by atoms with E-state index in [0.29, 0.717) is 5.82 Å². The summed E-state index contributed by atoms with van der Waals surface area (Å²) in [6.07, 6.45) is 3.65. The largest absolute Gasteiger partial charge is 0.455 e. The van der Waals surface area contributed by atoms with Gasteiger partial charge in [-0.3, -0.25) is 4.98 Å². The summed E-state index contributed by atoms with van der Waals surface area (Å²) in [4.78, 5) is 14.9. The topological polar surface area (TPSA) is 65.0 Å². The maximum absolute atomic E-state index is 6.59. The highest BCUT2D eigenvalue weighted by Gasteiger charge is 2.20. The number of hydrogen-bond donors (Lipinski definition) is 0. The van der Waals surface area contributed by atoms with Crippen LogP contribution in [0.4, 0.5) is 0 Å². The van der Waals surface area contributed by atoms with E-state index in [1.807, 2.05) is 67.0 Å². The van der Waals surface area contributed by atoms with Gasteiger partial charge in [0, 0.05) is 61.8 Å². The molecule has 0 fully saturated rings. The van der Waals surface area contributed by atoms with E-state index in [-0.39, 0.29) is 0 Å². The molecule has 11 rings (SSSR count). The van der Waals surface area contributed by atoms with E-state index in [9.17, 15) is 0 Å². The normalized spacial score (nSPS) is 11.6. The van der Waals surface area contributed by atoms with Gasteiger partial charge in [0.1, 0.15) is 22.3 Å². The van der Waals surface area contributed by atoms with Crippen LogP contribution < -0.4 is 0 Å². The van der Waals surface area contributed by atoms with Crippen LogP contribution in [0.25, 0.3) is 111 Å². The van der Waals surface area contributed by atoms with Crippen molar-refractivity contribution in [3.8, 4) is 67.3 Å². The van der Waals surface area contributed by atoms with Crippen LogP contribution >= 0.6 is 0 Å². The van der Waals surface area contributed by atoms with Crippen molar-refractivity contribution in [2.24, 2.45) is 0 Å². The molecule has 4 aromatic heterocycles. The van der Waals surface area contributed by atoms with Gasteiger partial charge in [-0.1, -0.05) is 127 Å². The highest BCUT2D eigenvalue weighted by molar-refractivity contribution is 6.11. The number of benzene rings is 7. The minimum atomic E-state index is 0.613. The van der Waals surface area contributed by atoms with Crippen molar-refractivity contribution in [2.75, 3.05) is 0 Å². The molecule has 0 aliphatic carbocycles. The Labute approximate surface area is 322 Å². The molecule has 0 aliphatic heterocycles. The number of para-hydroxylation sites is 4. The van der Waals surface area contributed by atoms with Crippen molar-refractivity contribution in [3.63, 3.8) is 0 Å². The summed E-state index contributed by atoms with van der Waals surface area (Å²) in [6, 6.07) is 60.6. The van der Waals surface area contributed by atoms with E-state index >= 15 is 0 Å². The van der Waals surface area contributed by atoms with Gasteiger partial charge in [-0.2, -0.15) is 0 Å². The highest BCUT2D eigenvalue weighted by Crippen LogP contribution is 2.42. The van der Waals surface area contributed by atoms with Crippen LogP contribution in [0.15, 0.2) is 197 Å². The first-order valence-electron chi connectivity index (χ1n) is 18.7. The van der Waals surface area contributed by atoms with Gasteiger partial charge in [0.2, 0.25) is 0 Å². The Hall–Kier alpha value is -7.63. The molecule has 262 valence electrons. The SMILES string of the molecule is c1ccc(-c2cc(-c3ccccc3-c3ccncc3)nc(-c3cc(-c4cccc5c4oc4ccccc45)cc(-c4cccc5c4oc4ccccc45)c3)n2)cc1. The van der Waals surface area contributed by atoms with Gasteiger partial charge in [-0.15, -0.1) is 0 Å². The molecule has 7 aromatic carbocycles. The smallest absolute Gasteiger partial charge is 0.160 e. The molecule has 0 N–H and O–H groups in total. The molecule has 4 heterocycles. The molecule has 5 heteroatoms. The molecule has 56 heavy (non-hydrogen) atoms. The van der Waals surface area contributed by atoms with Gasteiger partial charge in [-0.05, 0) is 70.8 Å². The van der Waals surface area contributed by atoms with Crippen LogP contribution in [0.3, 0.4) is 0 Å². The summed E-state index contributed by atoms with van der Waals surface area (Å²) in [6.45, 7) is 0. The summed E-state index contributed by atoms with van der Waals surface area (Å²) in [5.41, 5.74) is 14.0. The van der Waals surface area contributed by atoms with Crippen molar-refractivity contribution < 1.29 is 8.83 Å². The Morgan fingerprint density at radius 3 is 1.46 bits per heavy atom. The third kappa shape index (κ3) is 5.37. The molecular weight excluding hydrogens is 687 g/mol. The summed E-state index contributed by atoms with van der Waals surface area (Å²) >= 11 is 0. The number of fused-ring (bicyclic) bond motifs is 6. The summed E-state index contributed by atoms with van der Waals surface area (Å²) in [5, 5.41) is 4.32. The predicted octanol–water partition coefficient (Wildman–Crippen LogP) is 13.7. The van der Waals surface area contributed by atoms with Gasteiger partial charge in [0.25, 0.3) is 0 Å². The molecule has 0 saturated heterocycles. The average molecular weight is 718 g/mol. The molecule has 0 radical (unpaired) electrons. The van der Waals surface area contributed by atoms with Gasteiger partial charge in [0.15, 0.2) is 5.82 Å². The third-order valence-corrected chi connectivity index (χ3v) is 10.6. The Kier molecular flexibility index (Phi) is 7.42. The number of furan rings is 2. The Morgan fingerprint density at radius 2 is 0.821 bits per heavy atom. The quantitative estimate of drug-likeness (QED) is 0.171. The number of hydrogen-bond acceptors (Lipinski definition) is 5. The molecule has 0 bridgehead atoms. The first-order valence-corrected chi connectivity index (χ1v) is 18.7. The lowest BCUT2D eigenvalue weighted by Crippen LogP contribution is -1.98. The third-order valence-electron chi connectivity index (χ3n) is 10.6. The lowest BCUT2D eigenvalue weighted by Gasteiger charge is -2.15. The Balaban J connectivity index is 1.19. The maximum atomic E-state index is 6.59. The summed E-state index contributed by atoms with van der Waals surface area (Å²) < 4.78 is 13.2. The number of pyridine rings is 1. The zero-order valence-corrected chi connectivity index (χ0v) is 30.1. The zero-order chi connectivity index (χ0) is 37.0. The minimum Gasteiger partial charge on any atom is -0.455 e. The molecule has 5 nitrogen and oxygen atoms in total. The lowest BCUT2D eigenvalue weighted by molar-refractivity contribution is 0.670. The highest BCUT2D eigenvalue weighted by atomic mass is 16.3. The summed E-state index contributed by atoms with van der Waals surface area (Å²) in [7, 11) is 0. The second-order valence-corrected chi connectivity index (χ2v) is 14.0. The number of rotatable bonds is 6. The fourth-order valence-corrected chi connectivity index (χ4v) is 7.98. The van der Waals surface area contributed by atoms with Gasteiger partial charge in [-0.25, -0.2) is 9.97 Å². The molecule has 0 spiro atoms. The summed E-state index contributed by atoms with van der Waals surface area (Å²) in [5.74, 6) is 0.613. The second kappa shape index (κ2) is 13.0. The molecule has 0 atom stereocenters. The Bertz CT molecular complexity index is 3120. The van der Waals surface area contributed by atoms with Gasteiger partial charge < -0.3 is 8.83 Å². The van der Waals surface area contributed by atoms with E-state index in [1.165, 1.54) is 0 Å². The van der Waals surface area contributed by atoms with Crippen molar-refractivity contribution in [1.29, 1.82) is 0 Å². The predicted molar refractivity (Wildman–Crippen MR) is 227 cm³/mol. The molecule has 0 amide bonds. The van der Waals surface area contributed by atoms with Crippen LogP contribution in [-0.4, -0.2) is 15.0 Å². The van der Waals surface area contributed by atoms with E-state index < -0.39 is 0 Å². The maximum Gasteiger partial charge on any atom is 0.160 e. The van der Waals surface area contributed by atoms with Crippen molar-refractivity contribution in [2.45, 2.75) is 0 Å². The van der Waals surface area contributed by atoms with Crippen molar-refractivity contribution in [3.05, 3.63) is 188 Å². The van der Waals surface area contributed by atoms with Gasteiger partial charge in [0.05, 0.1) is 11.4 Å². The van der Waals surface area contributed by atoms with Crippen LogP contribution in [0.2, 0.25) is 0 Å². The van der Waals surface area contributed by atoms with E-state index in [0.717, 1.165) is 105 Å². The number of aromatic nitrogens is 3. The molecule has 0 aliphatic rings. The minimum absolute atomic E-state index is 0.613. The molecule has 11 aromatic rings. The van der Waals surface area contributed by atoms with E-state index in [4.69, 9.17) is 18.8 Å². The van der Waals surface area contributed by atoms with Crippen LogP contribution in [-0.2, 0) is 0 Å². The Morgan fingerprint density at radius 1 is 0.321 bits per heavy atom. The molecule has 0 saturated carbocycles. The first-order chi connectivity index (χ1) is 27.7. The second-order valence-electron chi connectivity index (χ2n) is 14.0. The van der Waals surface area contributed by atoms with Gasteiger partial charge >= 0.3 is 0 Å².